The molecule has 0 saturated carbocycles. The van der Waals surface area contributed by atoms with Crippen molar-refractivity contribution in [3.63, 3.8) is 0 Å². The van der Waals surface area contributed by atoms with E-state index in [1.807, 2.05) is 4.72 Å². The molecule has 108 valence electrons. The lowest BCUT2D eigenvalue weighted by Gasteiger charge is -2.13. The van der Waals surface area contributed by atoms with Gasteiger partial charge < -0.3 is 10.4 Å². The molecule has 1 aliphatic rings. The first-order valence-electron chi connectivity index (χ1n) is 5.72. The lowest BCUT2D eigenvalue weighted by Crippen LogP contribution is -2.29. The largest absolute Gasteiger partial charge is 0.465 e. The number of hydrogen-bond donors (Lipinski definition) is 3. The van der Waals surface area contributed by atoms with Gasteiger partial charge in [0, 0.05) is 13.1 Å². The van der Waals surface area contributed by atoms with Crippen LogP contribution in [-0.4, -0.2) is 36.4 Å². The van der Waals surface area contributed by atoms with E-state index in [0.717, 1.165) is 4.31 Å². The van der Waals surface area contributed by atoms with Crippen LogP contribution >= 0.6 is 0 Å². The smallest absolute Gasteiger partial charge is 0.404 e. The molecule has 1 aromatic rings. The van der Waals surface area contributed by atoms with Crippen LogP contribution < -0.4 is 10.0 Å². The average molecular weight is 299 g/mol. The molecule has 20 heavy (non-hydrogen) atoms. The van der Waals surface area contributed by atoms with E-state index in [1.165, 1.54) is 0 Å². The number of rotatable bonds is 4. The maximum absolute atomic E-state index is 11.6. The van der Waals surface area contributed by atoms with Gasteiger partial charge in [-0.3, -0.25) is 4.79 Å². The number of nitrogens with one attached hydrogen (secondary N) is 2. The van der Waals surface area contributed by atoms with Crippen LogP contribution in [0.5, 0.6) is 0 Å². The summed E-state index contributed by atoms with van der Waals surface area (Å²) in [5, 5.41) is 10.8. The highest BCUT2D eigenvalue weighted by molar-refractivity contribution is 7.88. The molecule has 2 rings (SSSR count). The van der Waals surface area contributed by atoms with Crippen molar-refractivity contribution < 1.29 is 23.1 Å². The predicted octanol–water partition coefficient (Wildman–Crippen LogP) is -0.369. The van der Waals surface area contributed by atoms with Gasteiger partial charge in [0.1, 0.15) is 0 Å². The highest BCUT2D eigenvalue weighted by atomic mass is 32.2. The number of hydrogen-bond acceptors (Lipinski definition) is 4. The van der Waals surface area contributed by atoms with Crippen LogP contribution in [0.2, 0.25) is 0 Å². The number of carbonyl (C=O) groups is 2. The van der Waals surface area contributed by atoms with E-state index < -0.39 is 22.2 Å². The van der Waals surface area contributed by atoms with Gasteiger partial charge in [-0.2, -0.15) is 12.7 Å². The van der Waals surface area contributed by atoms with Crippen molar-refractivity contribution in [3.8, 4) is 0 Å². The normalized spacial score (nSPS) is 17.7. The quantitative estimate of drug-likeness (QED) is 0.701. The van der Waals surface area contributed by atoms with Gasteiger partial charge >= 0.3 is 16.3 Å². The Morgan fingerprint density at radius 2 is 2.10 bits per heavy atom. The predicted molar refractivity (Wildman–Crippen MR) is 68.8 cm³/mol. The molecule has 0 radical (unpaired) electrons. The fourth-order valence-corrected chi connectivity index (χ4v) is 2.93. The summed E-state index contributed by atoms with van der Waals surface area (Å²) in [4.78, 5) is 21.5. The second-order valence-corrected chi connectivity index (χ2v) is 5.95. The average Bonchev–Trinajstić information content (AvgIpc) is 2.60. The molecule has 0 bridgehead atoms. The molecule has 0 unspecified atom stereocenters. The van der Waals surface area contributed by atoms with Crippen molar-refractivity contribution >= 4 is 22.2 Å². The van der Waals surface area contributed by atoms with Gasteiger partial charge in [-0.15, -0.1) is 0 Å². The van der Waals surface area contributed by atoms with Gasteiger partial charge in [0.25, 0.3) is 0 Å². The van der Waals surface area contributed by atoms with E-state index in [0.29, 0.717) is 11.1 Å². The first kappa shape index (κ1) is 14.3. The van der Waals surface area contributed by atoms with Crippen LogP contribution in [0.1, 0.15) is 11.1 Å². The van der Waals surface area contributed by atoms with Crippen molar-refractivity contribution in [1.29, 1.82) is 0 Å². The van der Waals surface area contributed by atoms with Crippen molar-refractivity contribution in [2.45, 2.75) is 13.1 Å². The van der Waals surface area contributed by atoms with Crippen molar-refractivity contribution in [2.75, 3.05) is 6.54 Å². The van der Waals surface area contributed by atoms with E-state index in [2.05, 4.69) is 5.32 Å². The van der Waals surface area contributed by atoms with Gasteiger partial charge in [-0.05, 0) is 11.1 Å². The number of nitrogens with zero attached hydrogens (tertiary/aromatic N) is 1. The van der Waals surface area contributed by atoms with Crippen LogP contribution in [0.3, 0.4) is 0 Å². The molecule has 3 N–H and O–H groups in total. The summed E-state index contributed by atoms with van der Waals surface area (Å²) in [7, 11) is -3.75. The first-order chi connectivity index (χ1) is 9.37. The molecule has 1 aliphatic heterocycles. The minimum atomic E-state index is -3.75. The summed E-state index contributed by atoms with van der Waals surface area (Å²) in [6.07, 6.45) is -1.13. The molecule has 1 fully saturated rings. The highest BCUT2D eigenvalue weighted by Crippen LogP contribution is 2.13. The third-order valence-electron chi connectivity index (χ3n) is 2.70. The monoisotopic (exact) mass is 299 g/mol. The van der Waals surface area contributed by atoms with Gasteiger partial charge in [0.05, 0.1) is 6.54 Å². The second-order valence-electron chi connectivity index (χ2n) is 4.28. The third kappa shape index (κ3) is 3.45. The Bertz CT molecular complexity index is 643. The summed E-state index contributed by atoms with van der Waals surface area (Å²) in [5.74, 6) is -0.561. The molecule has 0 aliphatic carbocycles. The zero-order chi connectivity index (χ0) is 14.8. The molecule has 9 heteroatoms. The number of amides is 2. The maximum Gasteiger partial charge on any atom is 0.404 e. The summed E-state index contributed by atoms with van der Waals surface area (Å²) in [5.41, 5.74) is 1.38. The van der Waals surface area contributed by atoms with Crippen molar-refractivity contribution in [1.82, 2.24) is 14.3 Å². The van der Waals surface area contributed by atoms with Gasteiger partial charge in [-0.25, -0.2) is 9.52 Å². The summed E-state index contributed by atoms with van der Waals surface area (Å²) in [6.45, 7) is -0.0188. The Morgan fingerprint density at radius 1 is 1.40 bits per heavy atom. The molecule has 0 spiro atoms. The third-order valence-corrected chi connectivity index (χ3v) is 4.12. The molecule has 2 amide bonds. The van der Waals surface area contributed by atoms with Gasteiger partial charge in [0.2, 0.25) is 5.91 Å². The fourth-order valence-electron chi connectivity index (χ4n) is 1.85. The SMILES string of the molecule is O=C(O)NCc1cccc(CN2CC(=O)NS2(=O)=O)c1. The van der Waals surface area contributed by atoms with E-state index in [9.17, 15) is 18.0 Å². The molecular formula is C11H13N3O5S. The number of carbonyl (C=O) groups excluding carboxylic acids is 1. The summed E-state index contributed by atoms with van der Waals surface area (Å²) >= 11 is 0. The van der Waals surface area contributed by atoms with Gasteiger partial charge in [0.15, 0.2) is 0 Å². The van der Waals surface area contributed by atoms with Crippen LogP contribution in [0.25, 0.3) is 0 Å². The Labute approximate surface area is 115 Å². The molecule has 1 saturated heterocycles. The van der Waals surface area contributed by atoms with E-state index in [4.69, 9.17) is 5.11 Å². The Morgan fingerprint density at radius 3 is 2.70 bits per heavy atom. The zero-order valence-electron chi connectivity index (χ0n) is 10.4. The lowest BCUT2D eigenvalue weighted by molar-refractivity contribution is -0.118. The number of carboxylic acid groups (broad SMARTS) is 1. The molecule has 1 aromatic carbocycles. The van der Waals surface area contributed by atoms with Crippen LogP contribution in [-0.2, 0) is 28.1 Å². The Balaban J connectivity index is 2.08. The zero-order valence-corrected chi connectivity index (χ0v) is 11.2. The van der Waals surface area contributed by atoms with Crippen molar-refractivity contribution in [3.05, 3.63) is 35.4 Å². The van der Waals surface area contributed by atoms with E-state index in [1.54, 1.807) is 24.3 Å². The minimum Gasteiger partial charge on any atom is -0.465 e. The van der Waals surface area contributed by atoms with Crippen LogP contribution in [0, 0.1) is 0 Å². The molecular weight excluding hydrogens is 286 g/mol. The topological polar surface area (TPSA) is 116 Å². The number of benzene rings is 1. The van der Waals surface area contributed by atoms with E-state index in [-0.39, 0.29) is 19.6 Å². The van der Waals surface area contributed by atoms with Gasteiger partial charge in [-0.1, -0.05) is 24.3 Å². The summed E-state index contributed by atoms with van der Waals surface area (Å²) in [6, 6.07) is 6.82. The molecule has 1 heterocycles. The molecule has 0 aromatic heterocycles. The maximum atomic E-state index is 11.6. The lowest BCUT2D eigenvalue weighted by atomic mass is 10.1. The van der Waals surface area contributed by atoms with Crippen molar-refractivity contribution in [2.24, 2.45) is 0 Å². The summed E-state index contributed by atoms with van der Waals surface area (Å²) < 4.78 is 26.1. The molecule has 0 atom stereocenters. The molecule has 8 nitrogen and oxygen atoms in total. The Hall–Kier alpha value is -2.13. The Kier molecular flexibility index (Phi) is 3.91. The standard InChI is InChI=1S/C11H13N3O5S/c15-10-7-14(20(18,19)13-10)6-9-3-1-2-8(4-9)5-12-11(16)17/h1-4,12H,5-7H2,(H,13,15)(H,16,17). The fraction of sp³-hybridized carbons (Fsp3) is 0.273. The van der Waals surface area contributed by atoms with E-state index >= 15 is 0 Å². The highest BCUT2D eigenvalue weighted by Gasteiger charge is 2.33. The van der Waals surface area contributed by atoms with Crippen LogP contribution in [0.4, 0.5) is 4.79 Å². The second kappa shape index (κ2) is 5.47. The van der Waals surface area contributed by atoms with Crippen LogP contribution in [0.15, 0.2) is 24.3 Å². The minimum absolute atomic E-state index is 0.0575. The first-order valence-corrected chi connectivity index (χ1v) is 7.16.